The fraction of sp³-hybridized carbons (Fsp3) is 0.360. The average Bonchev–Trinajstić information content (AvgIpc) is 3.16. The summed E-state index contributed by atoms with van der Waals surface area (Å²) >= 11 is 5.20. The SMILES string of the molecule is CC1=C(/C=C/C(C)=C/C=C/C(C)=C/C(=O)Nc2nc(=S)c3[nH]cnc3[nH]2)C(C)(C)CCC1. The van der Waals surface area contributed by atoms with E-state index in [2.05, 4.69) is 65.1 Å². The number of H-pyrrole nitrogens is 2. The van der Waals surface area contributed by atoms with Crippen LogP contribution in [0.2, 0.25) is 0 Å². The van der Waals surface area contributed by atoms with Crippen LogP contribution < -0.4 is 5.32 Å². The molecule has 2 heterocycles. The predicted molar refractivity (Wildman–Crippen MR) is 134 cm³/mol. The Morgan fingerprint density at radius 1 is 1.25 bits per heavy atom. The standard InChI is InChI=1S/C25H31N5OS/c1-16(11-12-19-18(3)10-7-13-25(19,4)5)8-6-9-17(2)14-20(31)28-24-29-22-21(23(32)30-24)26-15-27-22/h6,8-9,11-12,14-15H,7,10,13H2,1-5H3,(H3,26,27,28,29,30,31,32)/b9-6+,12-11+,16-8+,17-14+. The minimum absolute atomic E-state index is 0.238. The van der Waals surface area contributed by atoms with Gasteiger partial charge < -0.3 is 9.97 Å². The molecule has 7 heteroatoms. The van der Waals surface area contributed by atoms with Crippen LogP contribution in [0, 0.1) is 10.1 Å². The molecular formula is C25H31N5OS. The Bertz CT molecular complexity index is 1220. The molecular weight excluding hydrogens is 418 g/mol. The molecule has 0 aromatic carbocycles. The number of amides is 1. The van der Waals surface area contributed by atoms with E-state index in [0.29, 0.717) is 15.8 Å². The number of nitrogens with one attached hydrogen (secondary N) is 3. The van der Waals surface area contributed by atoms with Crippen molar-refractivity contribution < 1.29 is 4.79 Å². The van der Waals surface area contributed by atoms with Crippen molar-refractivity contribution in [3.8, 4) is 0 Å². The van der Waals surface area contributed by atoms with Gasteiger partial charge in [-0.15, -0.1) is 0 Å². The Morgan fingerprint density at radius 2 is 2.03 bits per heavy atom. The smallest absolute Gasteiger partial charge is 0.250 e. The van der Waals surface area contributed by atoms with Crippen molar-refractivity contribution >= 4 is 35.2 Å². The molecule has 1 amide bonds. The first-order valence-corrected chi connectivity index (χ1v) is 11.2. The average molecular weight is 450 g/mol. The van der Waals surface area contributed by atoms with Crippen LogP contribution in [-0.2, 0) is 4.79 Å². The van der Waals surface area contributed by atoms with Crippen molar-refractivity contribution in [3.05, 3.63) is 69.7 Å². The number of rotatable bonds is 6. The summed E-state index contributed by atoms with van der Waals surface area (Å²) in [6.07, 6.45) is 17.1. The molecule has 0 spiro atoms. The highest BCUT2D eigenvalue weighted by molar-refractivity contribution is 7.71. The lowest BCUT2D eigenvalue weighted by Gasteiger charge is -2.32. The molecule has 0 aliphatic heterocycles. The number of fused-ring (bicyclic) bond motifs is 1. The lowest BCUT2D eigenvalue weighted by Crippen LogP contribution is -2.19. The molecule has 0 radical (unpaired) electrons. The van der Waals surface area contributed by atoms with Gasteiger partial charge in [-0.3, -0.25) is 10.1 Å². The normalized spacial score (nSPS) is 17.7. The number of anilines is 1. The lowest BCUT2D eigenvalue weighted by molar-refractivity contribution is -0.112. The summed E-state index contributed by atoms with van der Waals surface area (Å²) in [5, 5.41) is 2.70. The fourth-order valence-corrected chi connectivity index (χ4v) is 4.20. The molecule has 0 fully saturated rings. The molecule has 6 nitrogen and oxygen atoms in total. The van der Waals surface area contributed by atoms with E-state index in [1.165, 1.54) is 42.8 Å². The van der Waals surface area contributed by atoms with Crippen LogP contribution in [0.15, 0.2) is 65.1 Å². The third-order valence-electron chi connectivity index (χ3n) is 5.68. The van der Waals surface area contributed by atoms with Crippen molar-refractivity contribution in [2.75, 3.05) is 5.32 Å². The summed E-state index contributed by atoms with van der Waals surface area (Å²) in [5.41, 5.74) is 6.35. The molecule has 2 aromatic rings. The number of carbonyl (C=O) groups is 1. The Kier molecular flexibility index (Phi) is 7.40. The molecule has 0 atom stereocenters. The van der Waals surface area contributed by atoms with Gasteiger partial charge >= 0.3 is 0 Å². The molecule has 0 unspecified atom stereocenters. The van der Waals surface area contributed by atoms with Gasteiger partial charge in [-0.1, -0.05) is 67.6 Å². The van der Waals surface area contributed by atoms with Crippen molar-refractivity contribution in [2.24, 2.45) is 5.41 Å². The van der Waals surface area contributed by atoms with E-state index < -0.39 is 0 Å². The molecule has 1 aliphatic carbocycles. The zero-order valence-electron chi connectivity index (χ0n) is 19.4. The minimum atomic E-state index is -0.289. The van der Waals surface area contributed by atoms with Gasteiger partial charge in [0, 0.05) is 6.08 Å². The van der Waals surface area contributed by atoms with Crippen molar-refractivity contribution in [1.82, 2.24) is 19.9 Å². The Labute approximate surface area is 194 Å². The molecule has 0 bridgehead atoms. The highest BCUT2D eigenvalue weighted by atomic mass is 32.1. The topological polar surface area (TPSA) is 86.5 Å². The van der Waals surface area contributed by atoms with Crippen molar-refractivity contribution in [3.63, 3.8) is 0 Å². The van der Waals surface area contributed by atoms with Gasteiger partial charge in [0.2, 0.25) is 5.95 Å². The second-order valence-corrected chi connectivity index (χ2v) is 9.32. The maximum atomic E-state index is 12.3. The van der Waals surface area contributed by atoms with Crippen LogP contribution in [-0.4, -0.2) is 25.8 Å². The number of aromatic nitrogens is 4. The molecule has 0 saturated carbocycles. The third-order valence-corrected chi connectivity index (χ3v) is 5.97. The van der Waals surface area contributed by atoms with Crippen LogP contribution >= 0.6 is 12.2 Å². The number of carbonyl (C=O) groups excluding carboxylic acids is 1. The highest BCUT2D eigenvalue weighted by Crippen LogP contribution is 2.40. The summed E-state index contributed by atoms with van der Waals surface area (Å²) in [6.45, 7) is 10.8. The van der Waals surface area contributed by atoms with Crippen LogP contribution in [0.1, 0.15) is 53.9 Å². The van der Waals surface area contributed by atoms with Gasteiger partial charge in [0.05, 0.1) is 6.33 Å². The summed E-state index contributed by atoms with van der Waals surface area (Å²) in [6, 6.07) is 0. The Morgan fingerprint density at radius 3 is 2.78 bits per heavy atom. The van der Waals surface area contributed by atoms with E-state index in [1.807, 2.05) is 25.2 Å². The van der Waals surface area contributed by atoms with E-state index in [1.54, 1.807) is 0 Å². The van der Waals surface area contributed by atoms with Gasteiger partial charge in [0.1, 0.15) is 5.52 Å². The molecule has 1 aliphatic rings. The van der Waals surface area contributed by atoms with Crippen LogP contribution in [0.4, 0.5) is 5.95 Å². The zero-order valence-corrected chi connectivity index (χ0v) is 20.2. The quantitative estimate of drug-likeness (QED) is 0.267. The summed E-state index contributed by atoms with van der Waals surface area (Å²) in [5.74, 6) is -0.0218. The van der Waals surface area contributed by atoms with E-state index in [4.69, 9.17) is 12.2 Å². The number of aromatic amines is 2. The first-order chi connectivity index (χ1) is 15.2. The first-order valence-electron chi connectivity index (χ1n) is 10.8. The highest BCUT2D eigenvalue weighted by Gasteiger charge is 2.26. The van der Waals surface area contributed by atoms with Gasteiger partial charge in [-0.2, -0.15) is 0 Å². The van der Waals surface area contributed by atoms with Gasteiger partial charge in [0.15, 0.2) is 10.3 Å². The van der Waals surface area contributed by atoms with E-state index in [-0.39, 0.29) is 17.3 Å². The van der Waals surface area contributed by atoms with Gasteiger partial charge in [-0.05, 0) is 56.6 Å². The monoisotopic (exact) mass is 449 g/mol. The van der Waals surface area contributed by atoms with Crippen molar-refractivity contribution in [2.45, 2.75) is 53.9 Å². The van der Waals surface area contributed by atoms with E-state index >= 15 is 0 Å². The largest absolute Gasteiger partial charge is 0.341 e. The second-order valence-electron chi connectivity index (χ2n) is 8.93. The molecule has 32 heavy (non-hydrogen) atoms. The summed E-state index contributed by atoms with van der Waals surface area (Å²) in [7, 11) is 0. The molecule has 168 valence electrons. The molecule has 3 rings (SSSR count). The van der Waals surface area contributed by atoms with Crippen LogP contribution in [0.5, 0.6) is 0 Å². The molecule has 3 N–H and O–H groups in total. The van der Waals surface area contributed by atoms with Crippen molar-refractivity contribution in [1.29, 1.82) is 0 Å². The number of hydrogen-bond acceptors (Lipinski definition) is 4. The van der Waals surface area contributed by atoms with E-state index in [9.17, 15) is 4.79 Å². The Balaban J connectivity index is 1.61. The molecule has 2 aromatic heterocycles. The maximum absolute atomic E-state index is 12.3. The predicted octanol–water partition coefficient (Wildman–Crippen LogP) is 6.49. The van der Waals surface area contributed by atoms with E-state index in [0.717, 1.165) is 11.1 Å². The Hall–Kier alpha value is -3.06. The van der Waals surface area contributed by atoms with Crippen LogP contribution in [0.3, 0.4) is 0 Å². The van der Waals surface area contributed by atoms with Gasteiger partial charge in [-0.25, -0.2) is 9.97 Å². The number of allylic oxidation sites excluding steroid dienone is 9. The second kappa shape index (κ2) is 10.0. The minimum Gasteiger partial charge on any atom is -0.341 e. The number of nitrogens with zero attached hydrogens (tertiary/aromatic N) is 2. The van der Waals surface area contributed by atoms with Crippen LogP contribution in [0.25, 0.3) is 11.2 Å². The summed E-state index contributed by atoms with van der Waals surface area (Å²) < 4.78 is 0.350. The fourth-order valence-electron chi connectivity index (χ4n) is 3.95. The number of hydrogen-bond donors (Lipinski definition) is 3. The number of imidazole rings is 1. The molecule has 0 saturated heterocycles. The summed E-state index contributed by atoms with van der Waals surface area (Å²) in [4.78, 5) is 26.4. The third kappa shape index (κ3) is 6.01. The zero-order chi connectivity index (χ0) is 23.3. The maximum Gasteiger partial charge on any atom is 0.250 e. The first kappa shape index (κ1) is 23.6. The van der Waals surface area contributed by atoms with Gasteiger partial charge in [0.25, 0.3) is 5.91 Å². The lowest BCUT2D eigenvalue weighted by atomic mass is 9.72.